The summed E-state index contributed by atoms with van der Waals surface area (Å²) in [6.07, 6.45) is 2.84. The molecule has 2 saturated heterocycles. The van der Waals surface area contributed by atoms with E-state index in [0.29, 0.717) is 6.54 Å². The predicted molar refractivity (Wildman–Crippen MR) is 162 cm³/mol. The number of carbonyl (C=O) groups excluding carboxylic acids is 2. The fourth-order valence-corrected chi connectivity index (χ4v) is 7.15. The minimum absolute atomic E-state index is 0.0224. The largest absolute Gasteiger partial charge is 0.368 e. The SMILES string of the molecule is CC1(C)CC(NC(=O)N2CCN(c3ccccc3)CC2)CC(C)(CNC(=O)N2CCN(c3ccccc3)CC2)C1. The summed E-state index contributed by atoms with van der Waals surface area (Å²) in [5.74, 6) is 0. The maximum Gasteiger partial charge on any atom is 0.317 e. The molecule has 2 unspecified atom stereocenters. The van der Waals surface area contributed by atoms with E-state index >= 15 is 0 Å². The average Bonchev–Trinajstić information content (AvgIpc) is 2.96. The van der Waals surface area contributed by atoms with Crippen molar-refractivity contribution in [2.45, 2.75) is 46.1 Å². The van der Waals surface area contributed by atoms with Gasteiger partial charge in [-0.3, -0.25) is 0 Å². The summed E-state index contributed by atoms with van der Waals surface area (Å²) in [5, 5.41) is 6.62. The van der Waals surface area contributed by atoms with E-state index in [-0.39, 0.29) is 28.9 Å². The molecule has 2 aromatic carbocycles. The standard InChI is InChI=1S/C32H46N6O2/c1-31(2)22-26(34-30(40)38-20-16-36(17-21-38)28-12-8-5-9-13-28)23-32(3,24-31)25-33-29(39)37-18-14-35(15-19-37)27-10-6-4-7-11-27/h4-13,26H,14-25H2,1-3H3,(H,33,39)(H,34,40). The molecule has 4 amide bonds. The number of rotatable bonds is 5. The van der Waals surface area contributed by atoms with E-state index in [1.165, 1.54) is 11.4 Å². The van der Waals surface area contributed by atoms with Crippen LogP contribution in [0.2, 0.25) is 0 Å². The third-order valence-corrected chi connectivity index (χ3v) is 8.81. The van der Waals surface area contributed by atoms with Gasteiger partial charge in [-0.25, -0.2) is 9.59 Å². The minimum atomic E-state index is -0.0762. The molecule has 2 aromatic rings. The first-order valence-electron chi connectivity index (χ1n) is 14.9. The molecular weight excluding hydrogens is 500 g/mol. The molecule has 0 radical (unpaired) electrons. The molecule has 1 aliphatic carbocycles. The van der Waals surface area contributed by atoms with Gasteiger partial charge in [-0.2, -0.15) is 0 Å². The van der Waals surface area contributed by atoms with E-state index in [0.717, 1.165) is 71.6 Å². The molecule has 2 aliphatic heterocycles. The summed E-state index contributed by atoms with van der Waals surface area (Å²) in [4.78, 5) is 34.9. The molecule has 3 aliphatic rings. The quantitative estimate of drug-likeness (QED) is 0.574. The zero-order chi connectivity index (χ0) is 28.2. The van der Waals surface area contributed by atoms with Gasteiger partial charge in [0.1, 0.15) is 0 Å². The second-order valence-electron chi connectivity index (χ2n) is 13.0. The highest BCUT2D eigenvalue weighted by Gasteiger charge is 2.42. The summed E-state index contributed by atoms with van der Waals surface area (Å²) in [6.45, 7) is 13.7. The van der Waals surface area contributed by atoms with Crippen molar-refractivity contribution in [1.29, 1.82) is 0 Å². The lowest BCUT2D eigenvalue weighted by Gasteiger charge is -2.47. The third-order valence-electron chi connectivity index (χ3n) is 8.81. The number of hydrogen-bond acceptors (Lipinski definition) is 4. The van der Waals surface area contributed by atoms with Crippen molar-refractivity contribution in [2.24, 2.45) is 10.8 Å². The molecule has 1 saturated carbocycles. The van der Waals surface area contributed by atoms with E-state index < -0.39 is 0 Å². The Morgan fingerprint density at radius 2 is 1.18 bits per heavy atom. The van der Waals surface area contributed by atoms with Crippen molar-refractivity contribution >= 4 is 23.4 Å². The molecule has 0 spiro atoms. The molecule has 216 valence electrons. The first-order valence-corrected chi connectivity index (χ1v) is 14.9. The van der Waals surface area contributed by atoms with Gasteiger partial charge in [0.25, 0.3) is 0 Å². The number of anilines is 2. The third kappa shape index (κ3) is 7.01. The fourth-order valence-electron chi connectivity index (χ4n) is 7.15. The number of carbonyl (C=O) groups is 2. The van der Waals surface area contributed by atoms with Crippen LogP contribution in [0.4, 0.5) is 21.0 Å². The zero-order valence-corrected chi connectivity index (χ0v) is 24.4. The number of hydrogen-bond donors (Lipinski definition) is 2. The van der Waals surface area contributed by atoms with Crippen LogP contribution >= 0.6 is 0 Å². The van der Waals surface area contributed by atoms with Gasteiger partial charge in [0, 0.05) is 76.3 Å². The van der Waals surface area contributed by atoms with Crippen LogP contribution in [0, 0.1) is 10.8 Å². The van der Waals surface area contributed by atoms with Crippen molar-refractivity contribution in [3.05, 3.63) is 60.7 Å². The maximum absolute atomic E-state index is 13.2. The number of piperazine rings is 2. The summed E-state index contributed by atoms with van der Waals surface area (Å²) >= 11 is 0. The molecule has 8 nitrogen and oxygen atoms in total. The molecule has 8 heteroatoms. The molecule has 2 heterocycles. The predicted octanol–water partition coefficient (Wildman–Crippen LogP) is 4.64. The number of para-hydroxylation sites is 2. The van der Waals surface area contributed by atoms with Gasteiger partial charge < -0.3 is 30.2 Å². The lowest BCUT2D eigenvalue weighted by Crippen LogP contribution is -2.57. The minimum Gasteiger partial charge on any atom is -0.368 e. The molecule has 40 heavy (non-hydrogen) atoms. The Bertz CT molecular complexity index is 1130. The molecule has 2 N–H and O–H groups in total. The van der Waals surface area contributed by atoms with Crippen LogP contribution in [-0.4, -0.2) is 86.8 Å². The van der Waals surface area contributed by atoms with Crippen LogP contribution in [0.15, 0.2) is 60.7 Å². The average molecular weight is 547 g/mol. The number of amides is 4. The molecule has 5 rings (SSSR count). The van der Waals surface area contributed by atoms with Crippen LogP contribution in [0.3, 0.4) is 0 Å². The van der Waals surface area contributed by atoms with Crippen molar-refractivity contribution in [2.75, 3.05) is 68.7 Å². The van der Waals surface area contributed by atoms with E-state index in [1.54, 1.807) is 0 Å². The second kappa shape index (κ2) is 12.0. The first-order chi connectivity index (χ1) is 19.2. The Hall–Kier alpha value is -3.42. The number of benzene rings is 2. The van der Waals surface area contributed by atoms with Gasteiger partial charge in [-0.1, -0.05) is 57.2 Å². The Kier molecular flexibility index (Phi) is 8.43. The van der Waals surface area contributed by atoms with Gasteiger partial charge in [-0.15, -0.1) is 0 Å². The summed E-state index contributed by atoms with van der Waals surface area (Å²) < 4.78 is 0. The van der Waals surface area contributed by atoms with E-state index in [4.69, 9.17) is 0 Å². The van der Waals surface area contributed by atoms with Crippen molar-refractivity contribution in [3.8, 4) is 0 Å². The highest BCUT2D eigenvalue weighted by atomic mass is 16.2. The van der Waals surface area contributed by atoms with Crippen LogP contribution in [0.1, 0.15) is 40.0 Å². The molecular formula is C32H46N6O2. The number of nitrogens with zero attached hydrogens (tertiary/aromatic N) is 4. The summed E-state index contributed by atoms with van der Waals surface area (Å²) in [7, 11) is 0. The lowest BCUT2D eigenvalue weighted by molar-refractivity contribution is 0.0705. The smallest absolute Gasteiger partial charge is 0.317 e. The maximum atomic E-state index is 13.2. The van der Waals surface area contributed by atoms with Gasteiger partial charge >= 0.3 is 12.1 Å². The van der Waals surface area contributed by atoms with E-state index in [1.807, 2.05) is 21.9 Å². The van der Waals surface area contributed by atoms with Gasteiger partial charge in [0.05, 0.1) is 0 Å². The second-order valence-corrected chi connectivity index (χ2v) is 13.0. The summed E-state index contributed by atoms with van der Waals surface area (Å²) in [6, 6.07) is 21.0. The van der Waals surface area contributed by atoms with E-state index in [9.17, 15) is 9.59 Å². The summed E-state index contributed by atoms with van der Waals surface area (Å²) in [5.41, 5.74) is 2.44. The topological polar surface area (TPSA) is 71.2 Å². The van der Waals surface area contributed by atoms with Gasteiger partial charge in [0.2, 0.25) is 0 Å². The van der Waals surface area contributed by atoms with Crippen molar-refractivity contribution in [3.63, 3.8) is 0 Å². The zero-order valence-electron chi connectivity index (χ0n) is 24.4. The number of nitrogens with one attached hydrogen (secondary N) is 2. The molecule has 3 fully saturated rings. The molecule has 0 bridgehead atoms. The Morgan fingerprint density at radius 3 is 1.68 bits per heavy atom. The highest BCUT2D eigenvalue weighted by molar-refractivity contribution is 5.75. The van der Waals surface area contributed by atoms with Crippen LogP contribution in [-0.2, 0) is 0 Å². The normalized spacial score (nSPS) is 24.9. The van der Waals surface area contributed by atoms with Crippen LogP contribution in [0.25, 0.3) is 0 Å². The first kappa shape index (κ1) is 28.1. The van der Waals surface area contributed by atoms with Gasteiger partial charge in [0.15, 0.2) is 0 Å². The lowest BCUT2D eigenvalue weighted by atomic mass is 9.62. The Morgan fingerprint density at radius 1 is 0.700 bits per heavy atom. The number of urea groups is 2. The van der Waals surface area contributed by atoms with Crippen molar-refractivity contribution in [1.82, 2.24) is 20.4 Å². The monoisotopic (exact) mass is 546 g/mol. The molecule has 2 atom stereocenters. The van der Waals surface area contributed by atoms with Crippen LogP contribution < -0.4 is 20.4 Å². The molecule has 0 aromatic heterocycles. The van der Waals surface area contributed by atoms with Gasteiger partial charge in [-0.05, 0) is 54.4 Å². The fraction of sp³-hybridized carbons (Fsp3) is 0.562. The highest BCUT2D eigenvalue weighted by Crippen LogP contribution is 2.45. The van der Waals surface area contributed by atoms with E-state index in [2.05, 4.69) is 89.7 Å². The Balaban J connectivity index is 1.10. The Labute approximate surface area is 239 Å². The van der Waals surface area contributed by atoms with Crippen LogP contribution in [0.5, 0.6) is 0 Å². The van der Waals surface area contributed by atoms with Crippen molar-refractivity contribution < 1.29 is 9.59 Å².